The molecule has 2 N–H and O–H groups in total. The van der Waals surface area contributed by atoms with Crippen molar-refractivity contribution in [2.45, 2.75) is 0 Å². The number of hydrogen-bond donors (Lipinski definition) is 1. The van der Waals surface area contributed by atoms with Gasteiger partial charge in [-0.05, 0) is 23.8 Å². The van der Waals surface area contributed by atoms with Crippen molar-refractivity contribution in [1.29, 1.82) is 0 Å². The van der Waals surface area contributed by atoms with Crippen LogP contribution in [-0.4, -0.2) is 6.29 Å². The molecule has 0 bridgehead atoms. The lowest BCUT2D eigenvalue weighted by Crippen LogP contribution is -1.84. The molecule has 1 heterocycles. The van der Waals surface area contributed by atoms with Crippen LogP contribution in [0, 0.1) is 0 Å². The summed E-state index contributed by atoms with van der Waals surface area (Å²) in [6, 6.07) is 9.24. The molecule has 2 aromatic rings. The molecule has 0 atom stereocenters. The van der Waals surface area contributed by atoms with Crippen LogP contribution in [0.15, 0.2) is 30.3 Å². The first-order valence-corrected chi connectivity index (χ1v) is 5.50. The van der Waals surface area contributed by atoms with Gasteiger partial charge in [0.25, 0.3) is 0 Å². The van der Waals surface area contributed by atoms with Gasteiger partial charge in [-0.3, -0.25) is 4.79 Å². The van der Waals surface area contributed by atoms with Crippen LogP contribution in [-0.2, 0) is 0 Å². The van der Waals surface area contributed by atoms with E-state index < -0.39 is 0 Å². The van der Waals surface area contributed by atoms with E-state index in [0.29, 0.717) is 15.6 Å². The minimum atomic E-state index is 0.528. The third-order valence-electron chi connectivity index (χ3n) is 2.03. The predicted octanol–water partition coefficient (Wildman–Crippen LogP) is 3.46. The lowest BCUT2D eigenvalue weighted by Gasteiger charge is -1.95. The fourth-order valence-electron chi connectivity index (χ4n) is 1.27. The molecular formula is C11H8ClNOS. The van der Waals surface area contributed by atoms with Crippen molar-refractivity contribution in [3.8, 4) is 10.4 Å². The summed E-state index contributed by atoms with van der Waals surface area (Å²) in [7, 11) is 0. The maximum absolute atomic E-state index is 10.6. The summed E-state index contributed by atoms with van der Waals surface area (Å²) in [6.45, 7) is 0. The Bertz CT molecular complexity index is 490. The number of halogens is 1. The number of anilines is 1. The first kappa shape index (κ1) is 10.2. The molecule has 1 aromatic carbocycles. The lowest BCUT2D eigenvalue weighted by atomic mass is 10.2. The molecule has 0 aliphatic carbocycles. The van der Waals surface area contributed by atoms with E-state index in [2.05, 4.69) is 0 Å². The quantitative estimate of drug-likeness (QED) is 0.813. The fourth-order valence-corrected chi connectivity index (χ4v) is 2.30. The Morgan fingerprint density at radius 3 is 2.47 bits per heavy atom. The van der Waals surface area contributed by atoms with Gasteiger partial charge in [0, 0.05) is 9.90 Å². The maximum atomic E-state index is 10.6. The zero-order valence-electron chi connectivity index (χ0n) is 7.74. The van der Waals surface area contributed by atoms with E-state index in [0.717, 1.165) is 16.7 Å². The third-order valence-corrected chi connectivity index (χ3v) is 3.40. The second-order valence-electron chi connectivity index (χ2n) is 3.05. The van der Waals surface area contributed by atoms with Gasteiger partial charge >= 0.3 is 0 Å². The molecule has 0 saturated carbocycles. The molecule has 1 aromatic heterocycles. The predicted molar refractivity (Wildman–Crippen MR) is 64.6 cm³/mol. The maximum Gasteiger partial charge on any atom is 0.162 e. The Labute approximate surface area is 96.3 Å². The zero-order chi connectivity index (χ0) is 10.8. The largest absolute Gasteiger partial charge is 0.397 e. The normalized spacial score (nSPS) is 10.2. The summed E-state index contributed by atoms with van der Waals surface area (Å²) >= 11 is 7.17. The number of nitrogens with two attached hydrogens (primary N) is 1. The topological polar surface area (TPSA) is 43.1 Å². The Morgan fingerprint density at radius 1 is 1.27 bits per heavy atom. The van der Waals surface area contributed by atoms with Gasteiger partial charge in [-0.25, -0.2) is 0 Å². The van der Waals surface area contributed by atoms with E-state index in [1.807, 2.05) is 24.3 Å². The average Bonchev–Trinajstić information content (AvgIpc) is 2.61. The Kier molecular flexibility index (Phi) is 2.75. The van der Waals surface area contributed by atoms with E-state index >= 15 is 0 Å². The molecule has 15 heavy (non-hydrogen) atoms. The van der Waals surface area contributed by atoms with Crippen molar-refractivity contribution >= 4 is 34.9 Å². The smallest absolute Gasteiger partial charge is 0.162 e. The summed E-state index contributed by atoms with van der Waals surface area (Å²) in [5.41, 5.74) is 7.22. The second kappa shape index (κ2) is 4.04. The number of hydrogen-bond acceptors (Lipinski definition) is 3. The van der Waals surface area contributed by atoms with Crippen LogP contribution in [0.2, 0.25) is 5.02 Å². The van der Waals surface area contributed by atoms with Gasteiger partial charge in [-0.2, -0.15) is 0 Å². The molecule has 4 heteroatoms. The van der Waals surface area contributed by atoms with Crippen LogP contribution in [0.1, 0.15) is 9.67 Å². The average molecular weight is 238 g/mol. The molecule has 0 saturated heterocycles. The molecule has 0 unspecified atom stereocenters. The summed E-state index contributed by atoms with van der Waals surface area (Å²) in [5.74, 6) is 0. The van der Waals surface area contributed by atoms with Crippen LogP contribution >= 0.6 is 22.9 Å². The van der Waals surface area contributed by atoms with E-state index in [-0.39, 0.29) is 0 Å². The molecule has 2 rings (SSSR count). The summed E-state index contributed by atoms with van der Waals surface area (Å²) in [5, 5.41) is 0.693. The molecule has 0 spiro atoms. The molecule has 0 fully saturated rings. The highest BCUT2D eigenvalue weighted by Gasteiger charge is 2.06. The van der Waals surface area contributed by atoms with Crippen molar-refractivity contribution in [2.75, 3.05) is 5.73 Å². The van der Waals surface area contributed by atoms with Crippen molar-refractivity contribution in [3.05, 3.63) is 40.2 Å². The van der Waals surface area contributed by atoms with Crippen molar-refractivity contribution in [2.24, 2.45) is 0 Å². The molecule has 76 valence electrons. The number of carbonyl (C=O) groups excluding carboxylic acids is 1. The number of aldehydes is 1. The Hall–Kier alpha value is -1.32. The highest BCUT2D eigenvalue weighted by Crippen LogP contribution is 2.32. The van der Waals surface area contributed by atoms with Crippen molar-refractivity contribution in [3.63, 3.8) is 0 Å². The third kappa shape index (κ3) is 2.03. The molecule has 0 aliphatic heterocycles. The van der Waals surface area contributed by atoms with Crippen LogP contribution in [0.4, 0.5) is 5.69 Å². The SMILES string of the molecule is Nc1cc(-c2ccc(Cl)cc2)sc1C=O. The van der Waals surface area contributed by atoms with Crippen LogP contribution in [0.25, 0.3) is 10.4 Å². The van der Waals surface area contributed by atoms with Crippen molar-refractivity contribution in [1.82, 2.24) is 0 Å². The molecule has 2 nitrogen and oxygen atoms in total. The first-order chi connectivity index (χ1) is 7.20. The fraction of sp³-hybridized carbons (Fsp3) is 0. The van der Waals surface area contributed by atoms with Gasteiger partial charge in [0.2, 0.25) is 0 Å². The van der Waals surface area contributed by atoms with Gasteiger partial charge in [0.05, 0.1) is 10.6 Å². The van der Waals surface area contributed by atoms with Gasteiger partial charge in [0.1, 0.15) is 0 Å². The van der Waals surface area contributed by atoms with Crippen LogP contribution in [0.3, 0.4) is 0 Å². The number of rotatable bonds is 2. The van der Waals surface area contributed by atoms with E-state index in [9.17, 15) is 4.79 Å². The zero-order valence-corrected chi connectivity index (χ0v) is 9.31. The van der Waals surface area contributed by atoms with E-state index in [4.69, 9.17) is 17.3 Å². The van der Waals surface area contributed by atoms with Crippen molar-refractivity contribution < 1.29 is 4.79 Å². The summed E-state index contributed by atoms with van der Waals surface area (Å²) < 4.78 is 0. The monoisotopic (exact) mass is 237 g/mol. The Morgan fingerprint density at radius 2 is 1.93 bits per heavy atom. The molecule has 0 aliphatic rings. The minimum Gasteiger partial charge on any atom is -0.397 e. The highest BCUT2D eigenvalue weighted by molar-refractivity contribution is 7.17. The van der Waals surface area contributed by atoms with Gasteiger partial charge in [-0.1, -0.05) is 23.7 Å². The Balaban J connectivity index is 2.45. The first-order valence-electron chi connectivity index (χ1n) is 4.31. The summed E-state index contributed by atoms with van der Waals surface area (Å²) in [4.78, 5) is 12.2. The van der Waals surface area contributed by atoms with E-state index in [1.54, 1.807) is 6.07 Å². The number of nitrogen functional groups attached to an aromatic ring is 1. The van der Waals surface area contributed by atoms with Gasteiger partial charge in [0.15, 0.2) is 6.29 Å². The number of carbonyl (C=O) groups is 1. The second-order valence-corrected chi connectivity index (χ2v) is 4.58. The van der Waals surface area contributed by atoms with Crippen LogP contribution < -0.4 is 5.73 Å². The minimum absolute atomic E-state index is 0.528. The highest BCUT2D eigenvalue weighted by atomic mass is 35.5. The molecule has 0 amide bonds. The lowest BCUT2D eigenvalue weighted by molar-refractivity contribution is 0.112. The number of benzene rings is 1. The molecule has 0 radical (unpaired) electrons. The number of thiophene rings is 1. The van der Waals surface area contributed by atoms with Gasteiger partial charge < -0.3 is 5.73 Å². The van der Waals surface area contributed by atoms with Gasteiger partial charge in [-0.15, -0.1) is 11.3 Å². The van der Waals surface area contributed by atoms with E-state index in [1.165, 1.54) is 11.3 Å². The molecular weight excluding hydrogens is 230 g/mol. The summed E-state index contributed by atoms with van der Waals surface area (Å²) in [6.07, 6.45) is 0.777. The van der Waals surface area contributed by atoms with Crippen LogP contribution in [0.5, 0.6) is 0 Å². The standard InChI is InChI=1S/C11H8ClNOS/c12-8-3-1-7(2-4-8)10-5-9(13)11(6-14)15-10/h1-6H,13H2.